The molecule has 1 heterocycles. The third-order valence-corrected chi connectivity index (χ3v) is 3.81. The van der Waals surface area contributed by atoms with Gasteiger partial charge in [0.05, 0.1) is 35.2 Å². The van der Waals surface area contributed by atoms with Gasteiger partial charge in [-0.25, -0.2) is 4.98 Å². The Morgan fingerprint density at radius 3 is 1.38 bits per heavy atom. The second kappa shape index (κ2) is 14.6. The van der Waals surface area contributed by atoms with Crippen molar-refractivity contribution in [3.8, 4) is 0 Å². The molecule has 0 saturated carbocycles. The number of rotatable bonds is 4. The quantitative estimate of drug-likeness (QED) is 0.341. The van der Waals surface area contributed by atoms with Crippen molar-refractivity contribution in [2.24, 2.45) is 9.98 Å². The van der Waals surface area contributed by atoms with Gasteiger partial charge in [-0.3, -0.25) is 9.98 Å². The third-order valence-electron chi connectivity index (χ3n) is 3.59. The molecule has 0 aliphatic heterocycles. The van der Waals surface area contributed by atoms with Crippen LogP contribution < -0.4 is 37.2 Å². The van der Waals surface area contributed by atoms with E-state index in [9.17, 15) is 0 Å². The molecule has 154 valence electrons. The van der Waals surface area contributed by atoms with Gasteiger partial charge in [0, 0.05) is 5.02 Å². The van der Waals surface area contributed by atoms with Crippen LogP contribution in [0, 0.1) is 13.8 Å². The van der Waals surface area contributed by atoms with Crippen molar-refractivity contribution in [1.29, 1.82) is 0 Å². The van der Waals surface area contributed by atoms with Crippen LogP contribution in [0.5, 0.6) is 0 Å². The molecular weight excluding hydrogens is 495 g/mol. The minimum atomic E-state index is 0. The van der Waals surface area contributed by atoms with E-state index in [0.717, 1.165) is 11.4 Å². The van der Waals surface area contributed by atoms with Gasteiger partial charge in [-0.2, -0.15) is 0 Å². The van der Waals surface area contributed by atoms with Crippen LogP contribution in [0.4, 0.5) is 11.4 Å². The van der Waals surface area contributed by atoms with Crippen LogP contribution >= 0.6 is 11.6 Å². The molecule has 0 atom stereocenters. The largest absolute Gasteiger partial charge is 3.00 e. The summed E-state index contributed by atoms with van der Waals surface area (Å²) in [6, 6.07) is 19.5. The summed E-state index contributed by atoms with van der Waals surface area (Å²) in [6.07, 6.45) is 3.42. The van der Waals surface area contributed by atoms with Gasteiger partial charge in [0.15, 0.2) is 0 Å². The van der Waals surface area contributed by atoms with Crippen LogP contribution in [0.3, 0.4) is 0 Å². The number of aryl methyl sites for hydroxylation is 2. The summed E-state index contributed by atoms with van der Waals surface area (Å²) in [5.74, 6) is 0. The Labute approximate surface area is 205 Å². The van der Waals surface area contributed by atoms with Crippen molar-refractivity contribution in [1.82, 2.24) is 4.98 Å². The Morgan fingerprint density at radius 2 is 1.03 bits per heavy atom. The molecule has 0 radical (unpaired) electrons. The zero-order valence-corrected chi connectivity index (χ0v) is 19.7. The van der Waals surface area contributed by atoms with Gasteiger partial charge in [-0.15, -0.1) is 0 Å². The Balaban J connectivity index is 0. The molecule has 3 rings (SSSR count). The molecular formula is C21H18Cl4CoN3. The van der Waals surface area contributed by atoms with Gasteiger partial charge in [-0.1, -0.05) is 47.0 Å². The molecule has 3 aromatic rings. The van der Waals surface area contributed by atoms with Gasteiger partial charge < -0.3 is 37.2 Å². The van der Waals surface area contributed by atoms with Crippen LogP contribution in [0.1, 0.15) is 22.5 Å². The first-order chi connectivity index (χ1) is 12.1. The van der Waals surface area contributed by atoms with Crippen LogP contribution in [0.15, 0.2) is 70.6 Å². The molecule has 0 unspecified atom stereocenters. The van der Waals surface area contributed by atoms with Crippen LogP contribution in [-0.2, 0) is 16.8 Å². The first kappa shape index (κ1) is 29.8. The predicted octanol–water partition coefficient (Wildman–Crippen LogP) is -3.14. The molecule has 0 aliphatic carbocycles. The van der Waals surface area contributed by atoms with Gasteiger partial charge in [0.25, 0.3) is 0 Å². The third kappa shape index (κ3) is 9.76. The zero-order valence-electron chi connectivity index (χ0n) is 15.6. The second-order valence-corrected chi connectivity index (χ2v) is 6.26. The number of aliphatic imine (C=N–C) groups is 2. The number of hydrogen-bond acceptors (Lipinski definition) is 3. The SMILES string of the molecule is Cc1ccc(N=Cc2cc(Cl)cc(C=Nc3ccc(C)cc3)n2)cc1.[Cl-].[Cl-].[Cl-].[Co+3]. The maximum Gasteiger partial charge on any atom is 3.00 e. The summed E-state index contributed by atoms with van der Waals surface area (Å²) in [5, 5.41) is 0.603. The monoisotopic (exact) mass is 511 g/mol. The Morgan fingerprint density at radius 1 is 0.690 bits per heavy atom. The summed E-state index contributed by atoms with van der Waals surface area (Å²) in [4.78, 5) is 13.4. The molecule has 0 fully saturated rings. The molecule has 2 aromatic carbocycles. The average Bonchev–Trinajstić information content (AvgIpc) is 2.60. The van der Waals surface area contributed by atoms with Crippen LogP contribution in [0.25, 0.3) is 0 Å². The van der Waals surface area contributed by atoms with E-state index in [1.807, 2.05) is 62.4 Å². The summed E-state index contributed by atoms with van der Waals surface area (Å²) < 4.78 is 0. The number of halogens is 4. The molecule has 0 saturated heterocycles. The summed E-state index contributed by atoms with van der Waals surface area (Å²) in [5.41, 5.74) is 5.55. The standard InChI is InChI=1S/C21H18ClN3.3ClH.Co/c1-15-3-7-18(8-4-15)23-13-20-11-17(22)12-21(25-20)14-24-19-9-5-16(2)6-10-19;;;;/h3-14H,1-2H3;3*1H;/q;;;;+3/p-3. The van der Waals surface area contributed by atoms with Crippen molar-refractivity contribution in [3.05, 3.63) is 88.2 Å². The molecule has 0 bridgehead atoms. The van der Waals surface area contributed by atoms with Gasteiger partial charge in [-0.05, 0) is 50.2 Å². The summed E-state index contributed by atoms with van der Waals surface area (Å²) >= 11 is 6.19. The fourth-order valence-electron chi connectivity index (χ4n) is 2.21. The molecule has 8 heteroatoms. The average molecular weight is 513 g/mol. The minimum Gasteiger partial charge on any atom is -1.00 e. The second-order valence-electron chi connectivity index (χ2n) is 5.82. The Bertz CT molecular complexity index is 854. The van der Waals surface area contributed by atoms with Crippen LogP contribution in [0.2, 0.25) is 5.02 Å². The number of nitrogens with zero attached hydrogens (tertiary/aromatic N) is 3. The van der Waals surface area contributed by atoms with E-state index >= 15 is 0 Å². The maximum absolute atomic E-state index is 6.19. The van der Waals surface area contributed by atoms with E-state index < -0.39 is 0 Å². The smallest absolute Gasteiger partial charge is 1.00 e. The van der Waals surface area contributed by atoms with E-state index in [1.165, 1.54) is 11.1 Å². The topological polar surface area (TPSA) is 37.6 Å². The van der Waals surface area contributed by atoms with Crippen LogP contribution in [-0.4, -0.2) is 17.4 Å². The Hall–Kier alpha value is -1.40. The van der Waals surface area contributed by atoms with Gasteiger partial charge >= 0.3 is 16.8 Å². The first-order valence-corrected chi connectivity index (χ1v) is 8.35. The molecule has 1 aromatic heterocycles. The fraction of sp³-hybridized carbons (Fsp3) is 0.0952. The van der Waals surface area contributed by atoms with Gasteiger partial charge in [0.1, 0.15) is 0 Å². The van der Waals surface area contributed by atoms with E-state index in [0.29, 0.717) is 16.4 Å². The summed E-state index contributed by atoms with van der Waals surface area (Å²) in [7, 11) is 0. The molecule has 0 aliphatic rings. The normalized spacial score (nSPS) is 9.90. The molecule has 0 amide bonds. The number of benzene rings is 2. The van der Waals surface area contributed by atoms with E-state index in [4.69, 9.17) is 11.6 Å². The van der Waals surface area contributed by atoms with Gasteiger partial charge in [0.2, 0.25) is 0 Å². The van der Waals surface area contributed by atoms with Crippen molar-refractivity contribution in [2.45, 2.75) is 13.8 Å². The van der Waals surface area contributed by atoms with Crippen molar-refractivity contribution < 1.29 is 54.0 Å². The number of pyridine rings is 1. The number of hydrogen-bond donors (Lipinski definition) is 0. The van der Waals surface area contributed by atoms with E-state index in [-0.39, 0.29) is 54.0 Å². The molecule has 0 spiro atoms. The van der Waals surface area contributed by atoms with Crippen molar-refractivity contribution >= 4 is 35.4 Å². The predicted molar refractivity (Wildman–Crippen MR) is 106 cm³/mol. The van der Waals surface area contributed by atoms with Crippen molar-refractivity contribution in [2.75, 3.05) is 0 Å². The molecule has 0 N–H and O–H groups in total. The van der Waals surface area contributed by atoms with E-state index in [2.05, 4.69) is 15.0 Å². The van der Waals surface area contributed by atoms with Crippen molar-refractivity contribution in [3.63, 3.8) is 0 Å². The Kier molecular flexibility index (Phi) is 15.0. The summed E-state index contributed by atoms with van der Waals surface area (Å²) in [6.45, 7) is 4.09. The zero-order chi connectivity index (χ0) is 17.6. The first-order valence-electron chi connectivity index (χ1n) is 7.97. The fourth-order valence-corrected chi connectivity index (χ4v) is 2.44. The molecule has 3 nitrogen and oxygen atoms in total. The van der Waals surface area contributed by atoms with E-state index in [1.54, 1.807) is 24.6 Å². The number of aromatic nitrogens is 1. The molecule has 29 heavy (non-hydrogen) atoms. The maximum atomic E-state index is 6.19. The minimum absolute atomic E-state index is 0.